The van der Waals surface area contributed by atoms with Gasteiger partial charge in [-0.1, -0.05) is 41.4 Å². The van der Waals surface area contributed by atoms with Crippen molar-refractivity contribution < 1.29 is 14.7 Å². The summed E-state index contributed by atoms with van der Waals surface area (Å²) in [5, 5.41) is 10.6. The van der Waals surface area contributed by atoms with Gasteiger partial charge in [0.25, 0.3) is 5.91 Å². The molecule has 2 rings (SSSR count). The highest BCUT2D eigenvalue weighted by Gasteiger charge is 2.11. The lowest BCUT2D eigenvalue weighted by Crippen LogP contribution is -2.41. The minimum absolute atomic E-state index is 0.0774. The van der Waals surface area contributed by atoms with E-state index in [0.717, 1.165) is 5.56 Å². The molecule has 0 radical (unpaired) electrons. The van der Waals surface area contributed by atoms with Gasteiger partial charge in [-0.05, 0) is 36.2 Å². The summed E-state index contributed by atoms with van der Waals surface area (Å²) in [4.78, 5) is 23.6. The Hall–Kier alpha value is -2.24. The lowest BCUT2D eigenvalue weighted by Gasteiger charge is -2.09. The summed E-state index contributed by atoms with van der Waals surface area (Å²) < 4.78 is 0. The molecule has 5 nitrogen and oxygen atoms in total. The molecule has 0 bridgehead atoms. The number of hydrogen-bond donors (Lipinski definition) is 3. The first-order valence-electron chi connectivity index (χ1n) is 6.78. The van der Waals surface area contributed by atoms with Gasteiger partial charge in [-0.25, -0.2) is 0 Å². The number of benzene rings is 2. The van der Waals surface area contributed by atoms with E-state index in [2.05, 4.69) is 10.9 Å². The standard InChI is InChI=1S/C16H14Cl2N2O3/c17-11-7-5-10(13(18)9-11)6-8-15(22)19-20-16(23)12-3-1-2-4-14(12)21/h1-5,7,9,21H,6,8H2,(H,19,22)(H,20,23). The minimum Gasteiger partial charge on any atom is -0.507 e. The summed E-state index contributed by atoms with van der Waals surface area (Å²) in [5.41, 5.74) is 5.40. The summed E-state index contributed by atoms with van der Waals surface area (Å²) in [7, 11) is 0. The van der Waals surface area contributed by atoms with Crippen molar-refractivity contribution >= 4 is 35.0 Å². The molecule has 2 amide bonds. The Balaban J connectivity index is 1.83. The number of aryl methyl sites for hydroxylation is 1. The van der Waals surface area contributed by atoms with Crippen molar-refractivity contribution in [1.82, 2.24) is 10.9 Å². The second kappa shape index (κ2) is 7.85. The molecule has 0 aromatic heterocycles. The molecule has 0 aliphatic heterocycles. The third kappa shape index (κ3) is 4.87. The summed E-state index contributed by atoms with van der Waals surface area (Å²) in [6.07, 6.45) is 0.552. The number of carbonyl (C=O) groups is 2. The van der Waals surface area contributed by atoms with Crippen LogP contribution >= 0.6 is 23.2 Å². The van der Waals surface area contributed by atoms with Crippen LogP contribution in [0.5, 0.6) is 5.75 Å². The number of halogens is 2. The quantitative estimate of drug-likeness (QED) is 0.739. The van der Waals surface area contributed by atoms with Crippen LogP contribution < -0.4 is 10.9 Å². The Morgan fingerprint density at radius 1 is 1.04 bits per heavy atom. The number of phenols is 1. The molecule has 0 atom stereocenters. The molecule has 0 saturated carbocycles. The number of nitrogens with one attached hydrogen (secondary N) is 2. The van der Waals surface area contributed by atoms with Crippen molar-refractivity contribution in [2.24, 2.45) is 0 Å². The number of hydrogen-bond acceptors (Lipinski definition) is 3. The van der Waals surface area contributed by atoms with Gasteiger partial charge in [0.2, 0.25) is 5.91 Å². The van der Waals surface area contributed by atoms with Gasteiger partial charge in [-0.3, -0.25) is 20.4 Å². The first-order valence-corrected chi connectivity index (χ1v) is 7.54. The monoisotopic (exact) mass is 352 g/mol. The van der Waals surface area contributed by atoms with Gasteiger partial charge in [-0.2, -0.15) is 0 Å². The summed E-state index contributed by atoms with van der Waals surface area (Å²) >= 11 is 11.8. The van der Waals surface area contributed by atoms with Crippen LogP contribution in [-0.2, 0) is 11.2 Å². The fourth-order valence-corrected chi connectivity index (χ4v) is 2.40. The number of aromatic hydroxyl groups is 1. The Morgan fingerprint density at radius 2 is 1.78 bits per heavy atom. The lowest BCUT2D eigenvalue weighted by atomic mass is 10.1. The molecule has 2 aromatic carbocycles. The maximum absolute atomic E-state index is 11.8. The number of hydrazine groups is 1. The first-order chi connectivity index (χ1) is 11.0. The lowest BCUT2D eigenvalue weighted by molar-refractivity contribution is -0.121. The second-order valence-corrected chi connectivity index (χ2v) is 5.60. The predicted octanol–water partition coefficient (Wildman–Crippen LogP) is 3.09. The van der Waals surface area contributed by atoms with E-state index in [-0.39, 0.29) is 23.6 Å². The minimum atomic E-state index is -0.596. The summed E-state index contributed by atoms with van der Waals surface area (Å²) in [6, 6.07) is 11.1. The molecule has 0 fully saturated rings. The van der Waals surface area contributed by atoms with Crippen LogP contribution in [-0.4, -0.2) is 16.9 Å². The third-order valence-electron chi connectivity index (χ3n) is 3.10. The van der Waals surface area contributed by atoms with E-state index in [4.69, 9.17) is 23.2 Å². The van der Waals surface area contributed by atoms with Crippen LogP contribution in [0, 0.1) is 0 Å². The Bertz CT molecular complexity index is 735. The molecular weight excluding hydrogens is 339 g/mol. The topological polar surface area (TPSA) is 78.4 Å². The van der Waals surface area contributed by atoms with E-state index in [1.165, 1.54) is 12.1 Å². The van der Waals surface area contributed by atoms with Crippen LogP contribution in [0.1, 0.15) is 22.3 Å². The first kappa shape index (κ1) is 17.1. The summed E-state index contributed by atoms with van der Waals surface area (Å²) in [6.45, 7) is 0. The largest absolute Gasteiger partial charge is 0.507 e. The molecule has 0 aliphatic carbocycles. The molecule has 0 unspecified atom stereocenters. The van der Waals surface area contributed by atoms with Gasteiger partial charge in [0.05, 0.1) is 5.56 Å². The molecule has 0 heterocycles. The van der Waals surface area contributed by atoms with Crippen LogP contribution in [0.25, 0.3) is 0 Å². The smallest absolute Gasteiger partial charge is 0.273 e. The van der Waals surface area contributed by atoms with E-state index in [1.807, 2.05) is 0 Å². The van der Waals surface area contributed by atoms with Crippen molar-refractivity contribution in [3.8, 4) is 5.75 Å². The molecule has 0 spiro atoms. The number of phenolic OH excluding ortho intramolecular Hbond substituents is 1. The number of carbonyl (C=O) groups excluding carboxylic acids is 2. The summed E-state index contributed by atoms with van der Waals surface area (Å²) in [5.74, 6) is -1.13. The molecule has 23 heavy (non-hydrogen) atoms. The zero-order valence-corrected chi connectivity index (χ0v) is 13.5. The highest BCUT2D eigenvalue weighted by Crippen LogP contribution is 2.22. The SMILES string of the molecule is O=C(CCc1ccc(Cl)cc1Cl)NNC(=O)c1ccccc1O. The normalized spacial score (nSPS) is 10.2. The van der Waals surface area contributed by atoms with Crippen molar-refractivity contribution in [3.63, 3.8) is 0 Å². The zero-order chi connectivity index (χ0) is 16.8. The van der Waals surface area contributed by atoms with Crippen molar-refractivity contribution in [2.45, 2.75) is 12.8 Å². The van der Waals surface area contributed by atoms with Gasteiger partial charge < -0.3 is 5.11 Å². The van der Waals surface area contributed by atoms with Crippen LogP contribution in [0.15, 0.2) is 42.5 Å². The fraction of sp³-hybridized carbons (Fsp3) is 0.125. The van der Waals surface area contributed by atoms with Crippen LogP contribution in [0.2, 0.25) is 10.0 Å². The van der Waals surface area contributed by atoms with Crippen LogP contribution in [0.4, 0.5) is 0 Å². The van der Waals surface area contributed by atoms with Gasteiger partial charge in [0.1, 0.15) is 5.75 Å². The van der Waals surface area contributed by atoms with E-state index in [9.17, 15) is 14.7 Å². The van der Waals surface area contributed by atoms with Gasteiger partial charge in [0.15, 0.2) is 0 Å². The highest BCUT2D eigenvalue weighted by molar-refractivity contribution is 6.35. The van der Waals surface area contributed by atoms with Crippen molar-refractivity contribution in [1.29, 1.82) is 0 Å². The van der Waals surface area contributed by atoms with Crippen molar-refractivity contribution in [3.05, 3.63) is 63.6 Å². The molecule has 0 aliphatic rings. The number of amides is 2. The number of rotatable bonds is 4. The number of para-hydroxylation sites is 1. The average molecular weight is 353 g/mol. The van der Waals surface area contributed by atoms with E-state index in [1.54, 1.807) is 30.3 Å². The Kier molecular flexibility index (Phi) is 5.84. The molecule has 2 aromatic rings. The molecule has 0 saturated heterocycles. The molecular formula is C16H14Cl2N2O3. The molecule has 3 N–H and O–H groups in total. The maximum Gasteiger partial charge on any atom is 0.273 e. The highest BCUT2D eigenvalue weighted by atomic mass is 35.5. The van der Waals surface area contributed by atoms with E-state index < -0.39 is 5.91 Å². The molecule has 120 valence electrons. The Morgan fingerprint density at radius 3 is 2.48 bits per heavy atom. The van der Waals surface area contributed by atoms with Crippen LogP contribution in [0.3, 0.4) is 0 Å². The third-order valence-corrected chi connectivity index (χ3v) is 3.69. The van der Waals surface area contributed by atoms with Gasteiger partial charge >= 0.3 is 0 Å². The maximum atomic E-state index is 11.8. The van der Waals surface area contributed by atoms with E-state index in [0.29, 0.717) is 16.5 Å². The van der Waals surface area contributed by atoms with E-state index >= 15 is 0 Å². The molecule has 7 heteroatoms. The predicted molar refractivity (Wildman–Crippen MR) is 88.5 cm³/mol. The zero-order valence-electron chi connectivity index (χ0n) is 12.0. The van der Waals surface area contributed by atoms with Gasteiger partial charge in [-0.15, -0.1) is 0 Å². The Labute approximate surface area is 143 Å². The average Bonchev–Trinajstić information content (AvgIpc) is 2.52. The second-order valence-electron chi connectivity index (χ2n) is 4.76. The van der Waals surface area contributed by atoms with Crippen molar-refractivity contribution in [2.75, 3.05) is 0 Å². The fourth-order valence-electron chi connectivity index (χ4n) is 1.89. The van der Waals surface area contributed by atoms with Gasteiger partial charge in [0, 0.05) is 16.5 Å².